The van der Waals surface area contributed by atoms with Gasteiger partial charge in [0.15, 0.2) is 0 Å². The number of hydrogen-bond donors (Lipinski definition) is 1. The molecule has 0 aliphatic carbocycles. The molecule has 0 saturated carbocycles. The number of anilines is 1. The van der Waals surface area contributed by atoms with E-state index < -0.39 is 4.92 Å². The molecule has 0 saturated heterocycles. The molecule has 4 rings (SSSR count). The van der Waals surface area contributed by atoms with Gasteiger partial charge in [0.1, 0.15) is 23.0 Å². The zero-order chi connectivity index (χ0) is 19.0. The van der Waals surface area contributed by atoms with Gasteiger partial charge < -0.3 is 14.8 Å². The number of methoxy groups -OCH3 is 2. The van der Waals surface area contributed by atoms with Gasteiger partial charge in [-0.15, -0.1) is 0 Å². The minimum absolute atomic E-state index is 0.0436. The highest BCUT2D eigenvalue weighted by atomic mass is 16.6. The number of benzene rings is 2. The second kappa shape index (κ2) is 6.64. The van der Waals surface area contributed by atoms with E-state index in [1.165, 1.54) is 12.1 Å². The molecule has 27 heavy (non-hydrogen) atoms. The Balaban J connectivity index is 1.89. The van der Waals surface area contributed by atoms with Crippen LogP contribution in [0, 0.1) is 10.1 Å². The van der Waals surface area contributed by atoms with Gasteiger partial charge in [-0.1, -0.05) is 6.07 Å². The molecule has 8 nitrogen and oxygen atoms in total. The summed E-state index contributed by atoms with van der Waals surface area (Å²) in [6.45, 7) is 0.796. The highest BCUT2D eigenvalue weighted by Gasteiger charge is 2.27. The largest absolute Gasteiger partial charge is 0.496 e. The third-order valence-corrected chi connectivity index (χ3v) is 4.62. The number of nitrogens with zero attached hydrogens (tertiary/aromatic N) is 3. The van der Waals surface area contributed by atoms with Crippen molar-refractivity contribution in [2.45, 2.75) is 6.42 Å². The summed E-state index contributed by atoms with van der Waals surface area (Å²) in [6.07, 6.45) is 0.818. The van der Waals surface area contributed by atoms with Crippen LogP contribution in [0.2, 0.25) is 0 Å². The van der Waals surface area contributed by atoms with Crippen molar-refractivity contribution in [2.75, 3.05) is 26.1 Å². The molecule has 0 atom stereocenters. The molecule has 1 N–H and O–H groups in total. The maximum Gasteiger partial charge on any atom is 0.269 e. The Hall–Kier alpha value is -3.55. The van der Waals surface area contributed by atoms with Crippen LogP contribution in [-0.2, 0) is 6.42 Å². The summed E-state index contributed by atoms with van der Waals surface area (Å²) in [5.41, 5.74) is 3.43. The molecule has 3 aromatic rings. The lowest BCUT2D eigenvalue weighted by Crippen LogP contribution is -2.04. The van der Waals surface area contributed by atoms with Crippen LogP contribution >= 0.6 is 0 Å². The summed E-state index contributed by atoms with van der Waals surface area (Å²) < 4.78 is 12.8. The van der Waals surface area contributed by atoms with E-state index in [0.717, 1.165) is 41.3 Å². The smallest absolute Gasteiger partial charge is 0.269 e. The molecule has 1 aromatic heterocycles. The predicted molar refractivity (Wildman–Crippen MR) is 101 cm³/mol. The fourth-order valence-corrected chi connectivity index (χ4v) is 3.36. The number of rotatable bonds is 5. The van der Waals surface area contributed by atoms with Crippen LogP contribution in [-0.4, -0.2) is 35.5 Å². The van der Waals surface area contributed by atoms with Crippen molar-refractivity contribution in [1.82, 2.24) is 9.78 Å². The second-order valence-electron chi connectivity index (χ2n) is 6.08. The second-order valence-corrected chi connectivity index (χ2v) is 6.08. The van der Waals surface area contributed by atoms with Crippen molar-refractivity contribution < 1.29 is 14.4 Å². The third-order valence-electron chi connectivity index (χ3n) is 4.62. The molecule has 0 radical (unpaired) electrons. The molecule has 2 aromatic carbocycles. The monoisotopic (exact) mass is 366 g/mol. The zero-order valence-corrected chi connectivity index (χ0v) is 14.9. The van der Waals surface area contributed by atoms with Gasteiger partial charge in [-0.25, -0.2) is 4.68 Å². The summed E-state index contributed by atoms with van der Waals surface area (Å²) in [4.78, 5) is 10.5. The topological polar surface area (TPSA) is 91.5 Å². The number of nitro benzene ring substituents is 1. The minimum Gasteiger partial charge on any atom is -0.496 e. The average Bonchev–Trinajstić information content (AvgIpc) is 3.30. The molecule has 0 fully saturated rings. The Morgan fingerprint density at radius 2 is 1.78 bits per heavy atom. The number of aromatic nitrogens is 2. The van der Waals surface area contributed by atoms with Crippen LogP contribution in [0.5, 0.6) is 11.5 Å². The lowest BCUT2D eigenvalue weighted by atomic mass is 10.0. The standard InChI is InChI=1S/C19H18N4O4/c1-26-15-4-3-5-16(27-2)17(15)18-14-10-11-20-19(14)22(21-18)12-6-8-13(9-7-12)23(24)25/h3-9,20H,10-11H2,1-2H3. The van der Waals surface area contributed by atoms with Crippen molar-refractivity contribution in [3.05, 3.63) is 58.1 Å². The van der Waals surface area contributed by atoms with Gasteiger partial charge in [-0.2, -0.15) is 5.10 Å². The van der Waals surface area contributed by atoms with E-state index in [1.54, 1.807) is 31.0 Å². The minimum atomic E-state index is -0.416. The Morgan fingerprint density at radius 1 is 1.11 bits per heavy atom. The fourth-order valence-electron chi connectivity index (χ4n) is 3.36. The number of nitrogens with one attached hydrogen (secondary N) is 1. The Kier molecular flexibility index (Phi) is 4.15. The van der Waals surface area contributed by atoms with Crippen LogP contribution in [0.15, 0.2) is 42.5 Å². The van der Waals surface area contributed by atoms with Crippen LogP contribution < -0.4 is 14.8 Å². The molecule has 0 spiro atoms. The molecule has 0 amide bonds. The van der Waals surface area contributed by atoms with Gasteiger partial charge in [0.2, 0.25) is 0 Å². The highest BCUT2D eigenvalue weighted by Crippen LogP contribution is 2.43. The molecular formula is C19H18N4O4. The van der Waals surface area contributed by atoms with E-state index in [0.29, 0.717) is 11.5 Å². The number of non-ortho nitro benzene ring substituents is 1. The predicted octanol–water partition coefficient (Wildman–Crippen LogP) is 3.43. The first-order valence-corrected chi connectivity index (χ1v) is 8.46. The summed E-state index contributed by atoms with van der Waals surface area (Å²) in [7, 11) is 3.23. The molecule has 8 heteroatoms. The van der Waals surface area contributed by atoms with Crippen molar-refractivity contribution in [3.8, 4) is 28.4 Å². The Labute approximate surface area is 155 Å². The summed E-state index contributed by atoms with van der Waals surface area (Å²) >= 11 is 0. The Bertz CT molecular complexity index is 989. The third kappa shape index (κ3) is 2.75. The molecule has 0 bridgehead atoms. The van der Waals surface area contributed by atoms with Gasteiger partial charge in [0.05, 0.1) is 30.4 Å². The summed E-state index contributed by atoms with van der Waals surface area (Å²) in [5, 5.41) is 19.1. The number of fused-ring (bicyclic) bond motifs is 1. The lowest BCUT2D eigenvalue weighted by molar-refractivity contribution is -0.384. The van der Waals surface area contributed by atoms with Crippen molar-refractivity contribution >= 4 is 11.5 Å². The fraction of sp³-hybridized carbons (Fsp3) is 0.211. The highest BCUT2D eigenvalue weighted by molar-refractivity contribution is 5.81. The maximum absolute atomic E-state index is 10.9. The van der Waals surface area contributed by atoms with E-state index in [-0.39, 0.29) is 5.69 Å². The lowest BCUT2D eigenvalue weighted by Gasteiger charge is -2.12. The summed E-state index contributed by atoms with van der Waals surface area (Å²) in [5.74, 6) is 2.24. The number of ether oxygens (including phenoxy) is 2. The molecule has 2 heterocycles. The SMILES string of the molecule is COc1cccc(OC)c1-c1nn(-c2ccc([N+](=O)[O-])cc2)c2c1CCN2. The number of nitro groups is 1. The van der Waals surface area contributed by atoms with Gasteiger partial charge in [-0.3, -0.25) is 10.1 Å². The van der Waals surface area contributed by atoms with E-state index >= 15 is 0 Å². The molecule has 138 valence electrons. The van der Waals surface area contributed by atoms with Gasteiger partial charge in [0, 0.05) is 24.2 Å². The Morgan fingerprint density at radius 3 is 2.37 bits per heavy atom. The van der Waals surface area contributed by atoms with Crippen LogP contribution in [0.25, 0.3) is 16.9 Å². The number of hydrogen-bond acceptors (Lipinski definition) is 6. The normalized spacial score (nSPS) is 12.4. The zero-order valence-electron chi connectivity index (χ0n) is 14.9. The van der Waals surface area contributed by atoms with E-state index in [9.17, 15) is 10.1 Å². The van der Waals surface area contributed by atoms with E-state index in [1.807, 2.05) is 18.2 Å². The quantitative estimate of drug-likeness (QED) is 0.549. The van der Waals surface area contributed by atoms with Gasteiger partial charge in [0.25, 0.3) is 5.69 Å². The van der Waals surface area contributed by atoms with Crippen LogP contribution in [0.1, 0.15) is 5.56 Å². The molecule has 0 unspecified atom stereocenters. The summed E-state index contributed by atoms with van der Waals surface area (Å²) in [6, 6.07) is 11.9. The van der Waals surface area contributed by atoms with Gasteiger partial charge >= 0.3 is 0 Å². The maximum atomic E-state index is 10.9. The first kappa shape index (κ1) is 16.9. The van der Waals surface area contributed by atoms with Crippen molar-refractivity contribution in [2.24, 2.45) is 0 Å². The molecular weight excluding hydrogens is 348 g/mol. The van der Waals surface area contributed by atoms with E-state index in [2.05, 4.69) is 5.32 Å². The molecule has 1 aliphatic heterocycles. The van der Waals surface area contributed by atoms with E-state index in [4.69, 9.17) is 14.6 Å². The van der Waals surface area contributed by atoms with Crippen molar-refractivity contribution in [3.63, 3.8) is 0 Å². The van der Waals surface area contributed by atoms with Crippen LogP contribution in [0.3, 0.4) is 0 Å². The molecule has 1 aliphatic rings. The van der Waals surface area contributed by atoms with Crippen molar-refractivity contribution in [1.29, 1.82) is 0 Å². The van der Waals surface area contributed by atoms with Gasteiger partial charge in [-0.05, 0) is 30.7 Å². The first-order chi connectivity index (χ1) is 13.1. The first-order valence-electron chi connectivity index (χ1n) is 8.46. The van der Waals surface area contributed by atoms with Crippen LogP contribution in [0.4, 0.5) is 11.5 Å². The average molecular weight is 366 g/mol.